The van der Waals surface area contributed by atoms with Gasteiger partial charge in [-0.2, -0.15) is 13.2 Å². The molecule has 0 saturated heterocycles. The predicted molar refractivity (Wildman–Crippen MR) is 83.3 cm³/mol. The van der Waals surface area contributed by atoms with Crippen LogP contribution in [0.5, 0.6) is 5.75 Å². The lowest BCUT2D eigenvalue weighted by molar-refractivity contribution is -0.137. The van der Waals surface area contributed by atoms with Crippen LogP contribution < -0.4 is 10.1 Å². The molecule has 0 unspecified atom stereocenters. The Balaban J connectivity index is 1.63. The molecule has 0 saturated carbocycles. The van der Waals surface area contributed by atoms with Gasteiger partial charge in [0.2, 0.25) is 0 Å². The number of rotatable bonds is 4. The number of imidazole rings is 1. The number of pyridine rings is 2. The maximum Gasteiger partial charge on any atom is 0.417 e. The lowest BCUT2D eigenvalue weighted by Crippen LogP contribution is -2.21. The molecule has 0 atom stereocenters. The molecule has 3 rings (SSSR count). The van der Waals surface area contributed by atoms with Gasteiger partial charge < -0.3 is 14.5 Å². The van der Waals surface area contributed by atoms with Crippen LogP contribution in [0.3, 0.4) is 0 Å². The topological polar surface area (TPSA) is 68.5 Å². The van der Waals surface area contributed by atoms with Gasteiger partial charge >= 0.3 is 6.18 Å². The number of amides is 1. The highest BCUT2D eigenvalue weighted by atomic mass is 19.4. The second-order valence-corrected chi connectivity index (χ2v) is 5.25. The van der Waals surface area contributed by atoms with E-state index >= 15 is 0 Å². The van der Waals surface area contributed by atoms with E-state index < -0.39 is 17.6 Å². The van der Waals surface area contributed by atoms with E-state index in [2.05, 4.69) is 15.3 Å². The number of nitrogens with one attached hydrogen (secondary N) is 1. The molecule has 1 N–H and O–H groups in total. The van der Waals surface area contributed by atoms with Gasteiger partial charge in [-0.25, -0.2) is 9.97 Å². The molecule has 0 aliphatic heterocycles. The molecule has 130 valence electrons. The summed E-state index contributed by atoms with van der Waals surface area (Å²) in [7, 11) is 0. The quantitative estimate of drug-likeness (QED) is 0.785. The summed E-state index contributed by atoms with van der Waals surface area (Å²) in [6.45, 7) is 1.51. The Kier molecular flexibility index (Phi) is 4.30. The Morgan fingerprint density at radius 1 is 1.32 bits per heavy atom. The van der Waals surface area contributed by atoms with Crippen molar-refractivity contribution in [1.29, 1.82) is 0 Å². The summed E-state index contributed by atoms with van der Waals surface area (Å²) in [5.74, 6) is -0.111. The van der Waals surface area contributed by atoms with Crippen molar-refractivity contribution in [3.8, 4) is 5.75 Å². The molecule has 0 aliphatic rings. The SMILES string of the molecule is Cc1cn2cccc(OCC(=O)Nc3ccc(C(F)(F)F)cn3)c2n1. The number of anilines is 1. The second-order valence-electron chi connectivity index (χ2n) is 5.25. The van der Waals surface area contributed by atoms with Crippen LogP contribution in [0.2, 0.25) is 0 Å². The van der Waals surface area contributed by atoms with Crippen molar-refractivity contribution >= 4 is 17.4 Å². The fourth-order valence-electron chi connectivity index (χ4n) is 2.18. The van der Waals surface area contributed by atoms with Crippen molar-refractivity contribution in [3.05, 3.63) is 54.1 Å². The first-order valence-corrected chi connectivity index (χ1v) is 7.23. The average molecular weight is 350 g/mol. The summed E-state index contributed by atoms with van der Waals surface area (Å²) >= 11 is 0. The van der Waals surface area contributed by atoms with Gasteiger partial charge in [-0.15, -0.1) is 0 Å². The summed E-state index contributed by atoms with van der Waals surface area (Å²) in [5, 5.41) is 2.37. The van der Waals surface area contributed by atoms with Crippen LogP contribution in [0.4, 0.5) is 19.0 Å². The van der Waals surface area contributed by atoms with Crippen LogP contribution in [0, 0.1) is 6.92 Å². The van der Waals surface area contributed by atoms with E-state index in [1.54, 1.807) is 22.7 Å². The van der Waals surface area contributed by atoms with Crippen molar-refractivity contribution in [2.45, 2.75) is 13.1 Å². The maximum atomic E-state index is 12.5. The number of nitrogens with zero attached hydrogens (tertiary/aromatic N) is 3. The number of fused-ring (bicyclic) bond motifs is 1. The van der Waals surface area contributed by atoms with E-state index in [9.17, 15) is 18.0 Å². The van der Waals surface area contributed by atoms with Gasteiger partial charge in [-0.3, -0.25) is 4.79 Å². The zero-order chi connectivity index (χ0) is 18.0. The third-order valence-corrected chi connectivity index (χ3v) is 3.28. The summed E-state index contributed by atoms with van der Waals surface area (Å²) in [5.41, 5.74) is 0.484. The van der Waals surface area contributed by atoms with Gasteiger partial charge in [0.25, 0.3) is 5.91 Å². The van der Waals surface area contributed by atoms with E-state index in [1.807, 2.05) is 13.1 Å². The molecular weight excluding hydrogens is 337 g/mol. The van der Waals surface area contributed by atoms with Crippen molar-refractivity contribution < 1.29 is 22.7 Å². The molecule has 0 aliphatic carbocycles. The minimum absolute atomic E-state index is 0.0106. The van der Waals surface area contributed by atoms with E-state index in [0.29, 0.717) is 17.6 Å². The van der Waals surface area contributed by atoms with E-state index in [4.69, 9.17) is 4.74 Å². The van der Waals surface area contributed by atoms with Crippen LogP contribution >= 0.6 is 0 Å². The summed E-state index contributed by atoms with van der Waals surface area (Å²) in [6.07, 6.45) is -0.201. The van der Waals surface area contributed by atoms with Gasteiger partial charge in [-0.05, 0) is 31.2 Å². The second kappa shape index (κ2) is 6.42. The lowest BCUT2D eigenvalue weighted by Gasteiger charge is -2.09. The number of hydrogen-bond donors (Lipinski definition) is 1. The van der Waals surface area contributed by atoms with Gasteiger partial charge in [-0.1, -0.05) is 0 Å². The molecule has 3 heterocycles. The van der Waals surface area contributed by atoms with Crippen LogP contribution in [0.1, 0.15) is 11.3 Å². The minimum atomic E-state index is -4.47. The van der Waals surface area contributed by atoms with Gasteiger partial charge in [0.1, 0.15) is 5.82 Å². The molecule has 3 aromatic rings. The van der Waals surface area contributed by atoms with Crippen LogP contribution in [0.25, 0.3) is 5.65 Å². The molecule has 0 aromatic carbocycles. The maximum absolute atomic E-state index is 12.5. The Morgan fingerprint density at radius 2 is 2.12 bits per heavy atom. The van der Waals surface area contributed by atoms with Gasteiger partial charge in [0.05, 0.1) is 11.3 Å². The number of alkyl halides is 3. The molecule has 25 heavy (non-hydrogen) atoms. The molecule has 0 spiro atoms. The van der Waals surface area contributed by atoms with E-state index in [1.165, 1.54) is 0 Å². The fraction of sp³-hybridized carbons (Fsp3) is 0.188. The predicted octanol–water partition coefficient (Wildman–Crippen LogP) is 3.07. The molecule has 3 aromatic heterocycles. The Labute approximate surface area is 140 Å². The first-order chi connectivity index (χ1) is 11.8. The van der Waals surface area contributed by atoms with Crippen molar-refractivity contribution in [2.75, 3.05) is 11.9 Å². The molecule has 6 nitrogen and oxygen atoms in total. The molecule has 0 radical (unpaired) electrons. The number of aryl methyl sites for hydroxylation is 1. The zero-order valence-electron chi connectivity index (χ0n) is 13.0. The van der Waals surface area contributed by atoms with Gasteiger partial charge in [0.15, 0.2) is 18.0 Å². The molecular formula is C16H13F3N4O2. The van der Waals surface area contributed by atoms with Crippen LogP contribution in [-0.4, -0.2) is 26.9 Å². The average Bonchev–Trinajstić information content (AvgIpc) is 2.93. The Bertz CT molecular complexity index is 904. The smallest absolute Gasteiger partial charge is 0.417 e. The number of ether oxygens (including phenoxy) is 1. The molecule has 0 fully saturated rings. The highest BCUT2D eigenvalue weighted by Gasteiger charge is 2.30. The highest BCUT2D eigenvalue weighted by Crippen LogP contribution is 2.28. The van der Waals surface area contributed by atoms with Crippen LogP contribution in [-0.2, 0) is 11.0 Å². The summed E-state index contributed by atoms with van der Waals surface area (Å²) < 4.78 is 44.6. The number of halogens is 3. The monoisotopic (exact) mass is 350 g/mol. The normalized spacial score (nSPS) is 11.5. The largest absolute Gasteiger partial charge is 0.480 e. The molecule has 0 bridgehead atoms. The third kappa shape index (κ3) is 3.87. The molecule has 9 heteroatoms. The number of carbonyl (C=O) groups excluding carboxylic acids is 1. The van der Waals surface area contributed by atoms with Crippen molar-refractivity contribution in [2.24, 2.45) is 0 Å². The fourth-order valence-corrected chi connectivity index (χ4v) is 2.18. The first-order valence-electron chi connectivity index (χ1n) is 7.23. The first kappa shape index (κ1) is 16.7. The third-order valence-electron chi connectivity index (χ3n) is 3.28. The zero-order valence-corrected chi connectivity index (χ0v) is 13.0. The minimum Gasteiger partial charge on any atom is -0.480 e. The van der Waals surface area contributed by atoms with Crippen molar-refractivity contribution in [1.82, 2.24) is 14.4 Å². The number of hydrogen-bond acceptors (Lipinski definition) is 4. The Hall–Kier alpha value is -3.10. The lowest BCUT2D eigenvalue weighted by atomic mass is 10.3. The van der Waals surface area contributed by atoms with Crippen molar-refractivity contribution in [3.63, 3.8) is 0 Å². The number of carbonyl (C=O) groups is 1. The standard InChI is InChI=1S/C16H13F3N4O2/c1-10-8-23-6-2-3-12(15(23)21-10)25-9-14(24)22-13-5-4-11(7-20-13)16(17,18)19/h2-8H,9H2,1H3,(H,20,22,24). The molecule has 1 amide bonds. The summed E-state index contributed by atoms with van der Waals surface area (Å²) in [6, 6.07) is 5.35. The van der Waals surface area contributed by atoms with E-state index in [0.717, 1.165) is 17.8 Å². The number of aromatic nitrogens is 3. The highest BCUT2D eigenvalue weighted by molar-refractivity contribution is 5.91. The van der Waals surface area contributed by atoms with E-state index in [-0.39, 0.29) is 12.4 Å². The summed E-state index contributed by atoms with van der Waals surface area (Å²) in [4.78, 5) is 19.7. The van der Waals surface area contributed by atoms with Crippen LogP contribution in [0.15, 0.2) is 42.9 Å². The van der Waals surface area contributed by atoms with Gasteiger partial charge in [0, 0.05) is 18.6 Å². The Morgan fingerprint density at radius 3 is 2.80 bits per heavy atom.